The number of rotatable bonds is 1. The second kappa shape index (κ2) is 5.29. The fourth-order valence-electron chi connectivity index (χ4n) is 1.37. The highest BCUT2D eigenvalue weighted by Crippen LogP contribution is 1.97. The van der Waals surface area contributed by atoms with Crippen LogP contribution < -0.4 is 0 Å². The first-order valence-electron chi connectivity index (χ1n) is 5.15. The van der Waals surface area contributed by atoms with E-state index in [0.29, 0.717) is 18.8 Å². The third-order valence-corrected chi connectivity index (χ3v) is 2.26. The molecular weight excluding hydrogens is 204 g/mol. The normalized spacial score (nSPS) is 15.1. The van der Waals surface area contributed by atoms with Crippen LogP contribution in [0.4, 0.5) is 0 Å². The maximum Gasteiger partial charge on any atom is 0.239 e. The molecule has 0 unspecified atom stereocenters. The smallest absolute Gasteiger partial charge is 0.239 e. The molecule has 0 amide bonds. The van der Waals surface area contributed by atoms with E-state index in [1.807, 2.05) is 4.90 Å². The van der Waals surface area contributed by atoms with Crippen LogP contribution in [0.15, 0.2) is 24.5 Å². The van der Waals surface area contributed by atoms with Crippen molar-refractivity contribution in [1.29, 1.82) is 0 Å². The Morgan fingerprint density at radius 2 is 2.25 bits per heavy atom. The first-order valence-corrected chi connectivity index (χ1v) is 5.15. The lowest BCUT2D eigenvalue weighted by atomic mass is 10.2. The number of pyridine rings is 1. The highest BCUT2D eigenvalue weighted by Gasteiger charge is 2.06. The fourth-order valence-corrected chi connectivity index (χ4v) is 1.37. The molecule has 4 nitrogen and oxygen atoms in total. The van der Waals surface area contributed by atoms with Crippen LogP contribution in [0.2, 0.25) is 0 Å². The van der Waals surface area contributed by atoms with E-state index < -0.39 is 0 Å². The molecule has 0 aromatic carbocycles. The van der Waals surface area contributed by atoms with Crippen molar-refractivity contribution >= 4 is 5.78 Å². The number of ketones is 1. The first-order chi connectivity index (χ1) is 7.86. The van der Waals surface area contributed by atoms with E-state index in [1.165, 1.54) is 6.20 Å². The van der Waals surface area contributed by atoms with E-state index in [0.717, 1.165) is 13.1 Å². The van der Waals surface area contributed by atoms with Gasteiger partial charge in [-0.1, -0.05) is 0 Å². The fraction of sp³-hybridized carbons (Fsp3) is 0.333. The molecule has 1 aliphatic heterocycles. The second-order valence-electron chi connectivity index (χ2n) is 3.41. The predicted molar refractivity (Wildman–Crippen MR) is 58.7 cm³/mol. The largest absolute Gasteiger partial charge is 0.378 e. The number of nitrogens with zero attached hydrogens (tertiary/aromatic N) is 2. The molecule has 1 aromatic heterocycles. The summed E-state index contributed by atoms with van der Waals surface area (Å²) in [6, 6.07) is 6.28. The van der Waals surface area contributed by atoms with Crippen molar-refractivity contribution in [3.05, 3.63) is 30.1 Å². The van der Waals surface area contributed by atoms with E-state index in [9.17, 15) is 4.79 Å². The number of hydrogen-bond acceptors (Lipinski definition) is 4. The Morgan fingerprint density at radius 1 is 1.44 bits per heavy atom. The van der Waals surface area contributed by atoms with E-state index >= 15 is 0 Å². The Bertz CT molecular complexity index is 414. The standard InChI is InChI=1S/C12H12N2O2/c15-12(11-2-1-4-13-10-11)3-5-14-6-8-16-9-7-14/h1-2,4,10H,6-9H2. The van der Waals surface area contributed by atoms with Gasteiger partial charge in [0.15, 0.2) is 0 Å². The van der Waals surface area contributed by atoms with Gasteiger partial charge in [-0.25, -0.2) is 0 Å². The van der Waals surface area contributed by atoms with Gasteiger partial charge in [0, 0.05) is 37.1 Å². The molecule has 0 aliphatic carbocycles. The molecule has 2 rings (SSSR count). The average molecular weight is 216 g/mol. The van der Waals surface area contributed by atoms with Crippen LogP contribution in [0.5, 0.6) is 0 Å². The molecule has 16 heavy (non-hydrogen) atoms. The number of Topliss-reactive ketones (excluding diaryl/α,β-unsaturated/α-hetero) is 1. The maximum absolute atomic E-state index is 11.6. The number of ether oxygens (including phenoxy) is 1. The number of hydrogen-bond donors (Lipinski definition) is 0. The highest BCUT2D eigenvalue weighted by atomic mass is 16.5. The molecule has 0 N–H and O–H groups in total. The zero-order valence-electron chi connectivity index (χ0n) is 8.85. The van der Waals surface area contributed by atoms with Crippen LogP contribution in [0.3, 0.4) is 0 Å². The van der Waals surface area contributed by atoms with E-state index in [4.69, 9.17) is 4.74 Å². The molecule has 0 saturated carbocycles. The van der Waals surface area contributed by atoms with Crippen LogP contribution in [0, 0.1) is 12.0 Å². The SMILES string of the molecule is O=C(C#CN1CCOCC1)c1cccnc1. The number of carbonyl (C=O) groups is 1. The van der Waals surface area contributed by atoms with Crippen molar-refractivity contribution in [3.63, 3.8) is 0 Å². The van der Waals surface area contributed by atoms with Gasteiger partial charge in [0.25, 0.3) is 0 Å². The van der Waals surface area contributed by atoms with Crippen LogP contribution >= 0.6 is 0 Å². The van der Waals surface area contributed by atoms with Gasteiger partial charge in [-0.05, 0) is 18.1 Å². The van der Waals surface area contributed by atoms with Crippen LogP contribution in [-0.2, 0) is 4.74 Å². The summed E-state index contributed by atoms with van der Waals surface area (Å²) in [5, 5.41) is 0. The summed E-state index contributed by atoms with van der Waals surface area (Å²) in [5.74, 6) is 2.42. The highest BCUT2D eigenvalue weighted by molar-refractivity contribution is 6.08. The Labute approximate surface area is 94.2 Å². The van der Waals surface area contributed by atoms with Gasteiger partial charge in [0.2, 0.25) is 5.78 Å². The van der Waals surface area contributed by atoms with Crippen molar-refractivity contribution in [2.24, 2.45) is 0 Å². The molecule has 1 saturated heterocycles. The Kier molecular flexibility index (Phi) is 3.52. The second-order valence-corrected chi connectivity index (χ2v) is 3.41. The summed E-state index contributed by atoms with van der Waals surface area (Å²) in [4.78, 5) is 17.4. The van der Waals surface area contributed by atoms with E-state index in [1.54, 1.807) is 18.3 Å². The number of morpholine rings is 1. The van der Waals surface area contributed by atoms with Gasteiger partial charge in [-0.15, -0.1) is 0 Å². The summed E-state index contributed by atoms with van der Waals surface area (Å²) < 4.78 is 5.19. The molecule has 82 valence electrons. The van der Waals surface area contributed by atoms with Gasteiger partial charge in [0.05, 0.1) is 13.2 Å². The van der Waals surface area contributed by atoms with E-state index in [2.05, 4.69) is 16.9 Å². The van der Waals surface area contributed by atoms with Crippen molar-refractivity contribution in [2.75, 3.05) is 26.3 Å². The van der Waals surface area contributed by atoms with Crippen molar-refractivity contribution in [3.8, 4) is 12.0 Å². The lowest BCUT2D eigenvalue weighted by Crippen LogP contribution is -2.32. The zero-order chi connectivity index (χ0) is 11.2. The van der Waals surface area contributed by atoms with Gasteiger partial charge >= 0.3 is 0 Å². The molecule has 0 atom stereocenters. The lowest BCUT2D eigenvalue weighted by Gasteiger charge is -2.22. The molecule has 1 aliphatic rings. The van der Waals surface area contributed by atoms with E-state index in [-0.39, 0.29) is 5.78 Å². The quantitative estimate of drug-likeness (QED) is 0.508. The minimum absolute atomic E-state index is 0.195. The molecule has 0 bridgehead atoms. The zero-order valence-corrected chi connectivity index (χ0v) is 8.85. The summed E-state index contributed by atoms with van der Waals surface area (Å²) in [6.45, 7) is 2.87. The molecule has 0 radical (unpaired) electrons. The topological polar surface area (TPSA) is 42.4 Å². The van der Waals surface area contributed by atoms with Gasteiger partial charge in [-0.2, -0.15) is 0 Å². The van der Waals surface area contributed by atoms with Crippen molar-refractivity contribution in [2.45, 2.75) is 0 Å². The molecule has 1 fully saturated rings. The van der Waals surface area contributed by atoms with Crippen LogP contribution in [0.25, 0.3) is 0 Å². The molecule has 2 heterocycles. The Hall–Kier alpha value is -1.86. The van der Waals surface area contributed by atoms with Gasteiger partial charge in [-0.3, -0.25) is 9.78 Å². The minimum atomic E-state index is -0.195. The summed E-state index contributed by atoms with van der Waals surface area (Å²) >= 11 is 0. The van der Waals surface area contributed by atoms with Gasteiger partial charge in [0.1, 0.15) is 0 Å². The maximum atomic E-state index is 11.6. The molecule has 1 aromatic rings. The summed E-state index contributed by atoms with van der Waals surface area (Å²) in [7, 11) is 0. The van der Waals surface area contributed by atoms with Gasteiger partial charge < -0.3 is 9.64 Å². The third-order valence-electron chi connectivity index (χ3n) is 2.26. The number of aromatic nitrogens is 1. The van der Waals surface area contributed by atoms with Crippen LogP contribution in [0.1, 0.15) is 10.4 Å². The average Bonchev–Trinajstić information content (AvgIpc) is 2.38. The minimum Gasteiger partial charge on any atom is -0.378 e. The Morgan fingerprint density at radius 3 is 2.94 bits per heavy atom. The first kappa shape index (κ1) is 10.7. The molecule has 4 heteroatoms. The van der Waals surface area contributed by atoms with Crippen LogP contribution in [-0.4, -0.2) is 42.0 Å². The monoisotopic (exact) mass is 216 g/mol. The van der Waals surface area contributed by atoms with Crippen molar-refractivity contribution in [1.82, 2.24) is 9.88 Å². The van der Waals surface area contributed by atoms with Crippen molar-refractivity contribution < 1.29 is 9.53 Å². The predicted octanol–water partition coefficient (Wildman–Crippen LogP) is 0.557. The molecular formula is C12H12N2O2. The summed E-state index contributed by atoms with van der Waals surface area (Å²) in [5.41, 5.74) is 0.531. The number of carbonyl (C=O) groups excluding carboxylic acids is 1. The molecule has 0 spiro atoms. The lowest BCUT2D eigenvalue weighted by molar-refractivity contribution is 0.0637. The third kappa shape index (κ3) is 2.81. The summed E-state index contributed by atoms with van der Waals surface area (Å²) in [6.07, 6.45) is 3.16. The Balaban J connectivity index is 1.99.